The Morgan fingerprint density at radius 2 is 2.14 bits per heavy atom. The number of nitrogens with one attached hydrogen (secondary N) is 1. The van der Waals surface area contributed by atoms with Gasteiger partial charge in [-0.15, -0.1) is 0 Å². The summed E-state index contributed by atoms with van der Waals surface area (Å²) in [6.45, 7) is 0. The van der Waals surface area contributed by atoms with Crippen LogP contribution in [0.4, 0.5) is 0 Å². The summed E-state index contributed by atoms with van der Waals surface area (Å²) in [5, 5.41) is 0.338. The lowest BCUT2D eigenvalue weighted by Gasteiger charge is -2.05. The van der Waals surface area contributed by atoms with Gasteiger partial charge >= 0.3 is 5.97 Å². The molecule has 0 radical (unpaired) electrons. The number of fused-ring (bicyclic) bond motifs is 3. The maximum Gasteiger partial charge on any atom is 0.337 e. The fourth-order valence-corrected chi connectivity index (χ4v) is 3.44. The van der Waals surface area contributed by atoms with Gasteiger partial charge in [0.1, 0.15) is 10.5 Å². The van der Waals surface area contributed by atoms with Crippen LogP contribution >= 0.6 is 23.6 Å². The number of carbonyl (C=O) groups is 2. The van der Waals surface area contributed by atoms with E-state index in [2.05, 4.69) is 9.72 Å². The van der Waals surface area contributed by atoms with Crippen molar-refractivity contribution >= 4 is 52.0 Å². The number of carbonyl (C=O) groups excluding carboxylic acids is 2. The highest BCUT2D eigenvalue weighted by Gasteiger charge is 2.17. The molecule has 3 N–H and O–H groups in total. The van der Waals surface area contributed by atoms with E-state index in [0.717, 1.165) is 11.3 Å². The van der Waals surface area contributed by atoms with Gasteiger partial charge in [0.15, 0.2) is 3.95 Å². The number of primary amides is 1. The Kier molecular flexibility index (Phi) is 3.30. The number of thiazole rings is 1. The van der Waals surface area contributed by atoms with Crippen LogP contribution in [-0.2, 0) is 4.74 Å². The van der Waals surface area contributed by atoms with Crippen LogP contribution in [0.5, 0.6) is 0 Å². The first-order valence-electron chi connectivity index (χ1n) is 6.03. The number of methoxy groups -OCH3 is 1. The molecule has 0 aliphatic rings. The molecule has 112 valence electrons. The van der Waals surface area contributed by atoms with E-state index in [1.54, 1.807) is 0 Å². The predicted molar refractivity (Wildman–Crippen MR) is 84.1 cm³/mol. The third-order valence-corrected chi connectivity index (χ3v) is 4.56. The Morgan fingerprint density at radius 1 is 1.41 bits per heavy atom. The van der Waals surface area contributed by atoms with Crippen LogP contribution < -0.4 is 11.3 Å². The number of rotatable bonds is 2. The van der Waals surface area contributed by atoms with Gasteiger partial charge in [-0.25, -0.2) is 4.79 Å². The van der Waals surface area contributed by atoms with Crippen molar-refractivity contribution in [3.63, 3.8) is 0 Å². The molecule has 1 amide bonds. The van der Waals surface area contributed by atoms with Crippen LogP contribution in [0.1, 0.15) is 20.0 Å². The molecule has 3 aromatic rings. The Hall–Kier alpha value is -2.52. The number of hydrogen-bond acceptors (Lipinski definition) is 6. The second-order valence-electron chi connectivity index (χ2n) is 4.42. The van der Waals surface area contributed by atoms with Crippen molar-refractivity contribution in [3.8, 4) is 0 Å². The highest BCUT2D eigenvalue weighted by atomic mass is 32.1. The SMILES string of the molecule is COC(=O)c1ccc2c(=O)[nH]c3c(C(N)=O)sc(=S)n3c2c1. The summed E-state index contributed by atoms with van der Waals surface area (Å²) in [6.07, 6.45) is 0. The zero-order chi connectivity index (χ0) is 16.0. The Bertz CT molecular complexity index is 1060. The van der Waals surface area contributed by atoms with E-state index in [1.165, 1.54) is 29.7 Å². The lowest BCUT2D eigenvalue weighted by molar-refractivity contribution is 0.0600. The molecular weight excluding hydrogens is 326 g/mol. The number of ether oxygens (including phenoxy) is 1. The Morgan fingerprint density at radius 3 is 2.77 bits per heavy atom. The molecule has 1 aromatic carbocycles. The maximum atomic E-state index is 12.2. The minimum atomic E-state index is -0.683. The summed E-state index contributed by atoms with van der Waals surface area (Å²) in [5.74, 6) is -1.22. The third-order valence-electron chi connectivity index (χ3n) is 3.17. The topological polar surface area (TPSA) is 107 Å². The average Bonchev–Trinajstić information content (AvgIpc) is 2.83. The molecule has 3 rings (SSSR count). The fourth-order valence-electron chi connectivity index (χ4n) is 2.20. The zero-order valence-electron chi connectivity index (χ0n) is 11.2. The quantitative estimate of drug-likeness (QED) is 0.544. The van der Waals surface area contributed by atoms with Crippen molar-refractivity contribution in [2.45, 2.75) is 0 Å². The molecule has 0 bridgehead atoms. The van der Waals surface area contributed by atoms with E-state index in [0.29, 0.717) is 14.9 Å². The molecule has 0 unspecified atom stereocenters. The van der Waals surface area contributed by atoms with Gasteiger partial charge in [0.25, 0.3) is 11.5 Å². The number of aromatic nitrogens is 2. The molecule has 0 saturated heterocycles. The first-order valence-corrected chi connectivity index (χ1v) is 7.26. The maximum absolute atomic E-state index is 12.2. The summed E-state index contributed by atoms with van der Waals surface area (Å²) >= 11 is 6.23. The molecule has 0 saturated carbocycles. The number of H-pyrrole nitrogens is 1. The molecule has 0 spiro atoms. The first kappa shape index (κ1) is 14.4. The highest BCUT2D eigenvalue weighted by Crippen LogP contribution is 2.23. The number of benzene rings is 1. The molecular formula is C13H9N3O4S2. The molecule has 7 nitrogen and oxygen atoms in total. The van der Waals surface area contributed by atoms with Crippen molar-refractivity contribution in [3.05, 3.63) is 42.9 Å². The minimum Gasteiger partial charge on any atom is -0.465 e. The van der Waals surface area contributed by atoms with Crippen LogP contribution in [-0.4, -0.2) is 28.4 Å². The van der Waals surface area contributed by atoms with E-state index >= 15 is 0 Å². The third kappa shape index (κ3) is 2.02. The van der Waals surface area contributed by atoms with Crippen molar-refractivity contribution in [1.29, 1.82) is 0 Å². The highest BCUT2D eigenvalue weighted by molar-refractivity contribution is 7.73. The van der Waals surface area contributed by atoms with Crippen molar-refractivity contribution in [1.82, 2.24) is 9.38 Å². The number of aromatic amines is 1. The number of nitrogens with zero attached hydrogens (tertiary/aromatic N) is 1. The Balaban J connectivity index is 2.53. The minimum absolute atomic E-state index is 0.160. The zero-order valence-corrected chi connectivity index (χ0v) is 12.8. The number of hydrogen-bond donors (Lipinski definition) is 2. The van der Waals surface area contributed by atoms with Gasteiger partial charge in [0.05, 0.1) is 23.6 Å². The second-order valence-corrected chi connectivity index (χ2v) is 6.07. The van der Waals surface area contributed by atoms with Crippen molar-refractivity contribution < 1.29 is 14.3 Å². The Labute approximate surface area is 131 Å². The van der Waals surface area contributed by atoms with E-state index in [4.69, 9.17) is 18.0 Å². The fraction of sp³-hybridized carbons (Fsp3) is 0.0769. The smallest absolute Gasteiger partial charge is 0.337 e. The molecule has 9 heteroatoms. The van der Waals surface area contributed by atoms with Crippen LogP contribution in [0.25, 0.3) is 16.6 Å². The van der Waals surface area contributed by atoms with Gasteiger partial charge in [-0.1, -0.05) is 11.3 Å². The summed E-state index contributed by atoms with van der Waals surface area (Å²) in [7, 11) is 1.27. The summed E-state index contributed by atoms with van der Waals surface area (Å²) < 4.78 is 6.53. The van der Waals surface area contributed by atoms with Crippen LogP contribution in [0.3, 0.4) is 0 Å². The lowest BCUT2D eigenvalue weighted by Crippen LogP contribution is -2.15. The monoisotopic (exact) mass is 335 g/mol. The molecule has 2 aromatic heterocycles. The van der Waals surface area contributed by atoms with Crippen molar-refractivity contribution in [2.75, 3.05) is 7.11 Å². The average molecular weight is 335 g/mol. The standard InChI is InChI=1S/C13H9N3O4S2/c1-20-12(19)5-2-3-6-7(4-5)16-10(15-11(6)18)8(9(14)17)22-13(16)21/h2-4H,1H3,(H2,14,17)(H,15,18). The van der Waals surface area contributed by atoms with Gasteiger partial charge in [0.2, 0.25) is 0 Å². The van der Waals surface area contributed by atoms with E-state index in [1.807, 2.05) is 0 Å². The summed E-state index contributed by atoms with van der Waals surface area (Å²) in [6, 6.07) is 4.49. The summed E-state index contributed by atoms with van der Waals surface area (Å²) in [5.41, 5.74) is 5.81. The van der Waals surface area contributed by atoms with Crippen LogP contribution in [0, 0.1) is 3.95 Å². The van der Waals surface area contributed by atoms with Crippen molar-refractivity contribution in [2.24, 2.45) is 5.73 Å². The van der Waals surface area contributed by atoms with E-state index in [9.17, 15) is 14.4 Å². The number of amides is 1. The predicted octanol–water partition coefficient (Wildman–Crippen LogP) is 1.46. The van der Waals surface area contributed by atoms with Gasteiger partial charge < -0.3 is 15.5 Å². The van der Waals surface area contributed by atoms with Gasteiger partial charge in [-0.2, -0.15) is 0 Å². The summed E-state index contributed by atoms with van der Waals surface area (Å²) in [4.78, 5) is 38.1. The lowest BCUT2D eigenvalue weighted by atomic mass is 10.1. The first-order chi connectivity index (χ1) is 10.4. The number of esters is 1. The molecule has 0 fully saturated rings. The molecule has 22 heavy (non-hydrogen) atoms. The molecule has 0 aliphatic carbocycles. The van der Waals surface area contributed by atoms with Gasteiger partial charge in [0, 0.05) is 0 Å². The van der Waals surface area contributed by atoms with Gasteiger partial charge in [-0.05, 0) is 30.4 Å². The molecule has 0 aliphatic heterocycles. The van der Waals surface area contributed by atoms with Gasteiger partial charge in [-0.3, -0.25) is 14.0 Å². The van der Waals surface area contributed by atoms with E-state index < -0.39 is 17.4 Å². The van der Waals surface area contributed by atoms with Crippen LogP contribution in [0.2, 0.25) is 0 Å². The molecule has 0 atom stereocenters. The number of nitrogens with two attached hydrogens (primary N) is 1. The normalized spacial score (nSPS) is 11.0. The molecule has 2 heterocycles. The second kappa shape index (κ2) is 5.04. The van der Waals surface area contributed by atoms with Crippen LogP contribution in [0.15, 0.2) is 23.0 Å². The largest absolute Gasteiger partial charge is 0.465 e. The van der Waals surface area contributed by atoms with E-state index in [-0.39, 0.29) is 16.1 Å².